The molecule has 0 saturated carbocycles. The Hall–Kier alpha value is -2.21. The molecule has 0 aliphatic carbocycles. The number of β-amino-alcohol motifs (C(OH)–C–C–N with tert-alkyl or cyclic N) is 1. The molecular weight excluding hydrogens is 309 g/mol. The molecule has 24 heavy (non-hydrogen) atoms. The summed E-state index contributed by atoms with van der Waals surface area (Å²) in [6, 6.07) is 6.13. The topological polar surface area (TPSA) is 69.2 Å². The number of rotatable bonds is 4. The zero-order valence-corrected chi connectivity index (χ0v) is 14.0. The number of aromatic nitrogens is 2. The second-order valence-corrected chi connectivity index (χ2v) is 6.68. The second kappa shape index (κ2) is 6.36. The van der Waals surface area contributed by atoms with E-state index in [0.717, 1.165) is 22.5 Å². The summed E-state index contributed by atoms with van der Waals surface area (Å²) in [6.07, 6.45) is 1.24. The largest absolute Gasteiger partial charge is 0.388 e. The van der Waals surface area contributed by atoms with Gasteiger partial charge in [0.25, 0.3) is 0 Å². The van der Waals surface area contributed by atoms with Crippen LogP contribution in [0.4, 0.5) is 4.39 Å². The van der Waals surface area contributed by atoms with Crippen molar-refractivity contribution in [1.29, 1.82) is 0 Å². The minimum absolute atomic E-state index is 0.00219. The van der Waals surface area contributed by atoms with Crippen LogP contribution in [0.1, 0.15) is 28.9 Å². The number of amides is 1. The van der Waals surface area contributed by atoms with Crippen LogP contribution in [-0.2, 0) is 17.6 Å². The van der Waals surface area contributed by atoms with Crippen molar-refractivity contribution in [3.05, 3.63) is 52.6 Å². The first kappa shape index (κ1) is 16.6. The molecule has 1 atom stereocenters. The summed E-state index contributed by atoms with van der Waals surface area (Å²) < 4.78 is 13.0. The molecule has 1 aromatic heterocycles. The highest BCUT2D eigenvalue weighted by molar-refractivity contribution is 5.79. The van der Waals surface area contributed by atoms with E-state index in [1.54, 1.807) is 17.0 Å². The number of aromatic amines is 1. The Kier molecular flexibility index (Phi) is 4.41. The summed E-state index contributed by atoms with van der Waals surface area (Å²) in [7, 11) is 0. The van der Waals surface area contributed by atoms with Gasteiger partial charge in [-0.25, -0.2) is 4.39 Å². The lowest BCUT2D eigenvalue weighted by molar-refractivity contribution is -0.130. The van der Waals surface area contributed by atoms with Crippen molar-refractivity contribution in [3.63, 3.8) is 0 Å². The number of aliphatic hydroxyl groups is 1. The van der Waals surface area contributed by atoms with Crippen LogP contribution in [0.15, 0.2) is 24.3 Å². The Morgan fingerprint density at radius 3 is 2.71 bits per heavy atom. The summed E-state index contributed by atoms with van der Waals surface area (Å²) in [5.41, 5.74) is 2.58. The third kappa shape index (κ3) is 3.48. The average Bonchev–Trinajstić information content (AvgIpc) is 3.07. The summed E-state index contributed by atoms with van der Waals surface area (Å²) in [5, 5.41) is 17.8. The Balaban J connectivity index is 1.63. The van der Waals surface area contributed by atoms with Crippen LogP contribution in [0, 0.1) is 19.7 Å². The highest BCUT2D eigenvalue weighted by Crippen LogP contribution is 2.26. The number of nitrogens with zero attached hydrogens (tertiary/aromatic N) is 2. The molecule has 2 N–H and O–H groups in total. The van der Waals surface area contributed by atoms with Gasteiger partial charge >= 0.3 is 0 Å². The number of nitrogens with one attached hydrogen (secondary N) is 1. The molecule has 128 valence electrons. The highest BCUT2D eigenvalue weighted by Gasteiger charge is 2.38. The monoisotopic (exact) mass is 331 g/mol. The van der Waals surface area contributed by atoms with Crippen LogP contribution in [0.3, 0.4) is 0 Å². The van der Waals surface area contributed by atoms with Crippen LogP contribution in [0.2, 0.25) is 0 Å². The van der Waals surface area contributed by atoms with Gasteiger partial charge in [0.15, 0.2) is 0 Å². The van der Waals surface area contributed by atoms with E-state index in [2.05, 4.69) is 10.2 Å². The Bertz CT molecular complexity index is 722. The number of carbonyl (C=O) groups is 1. The first-order chi connectivity index (χ1) is 11.4. The number of aryl methyl sites for hydroxylation is 2. The average molecular weight is 331 g/mol. The van der Waals surface area contributed by atoms with Crippen LogP contribution in [0.5, 0.6) is 0 Å². The van der Waals surface area contributed by atoms with Crippen molar-refractivity contribution in [1.82, 2.24) is 15.1 Å². The number of carbonyl (C=O) groups excluding carboxylic acids is 1. The smallest absolute Gasteiger partial charge is 0.227 e. The molecule has 2 aromatic rings. The van der Waals surface area contributed by atoms with Gasteiger partial charge in [0.1, 0.15) is 5.82 Å². The molecule has 1 saturated heterocycles. The van der Waals surface area contributed by atoms with E-state index in [1.807, 2.05) is 13.8 Å². The molecule has 2 heterocycles. The molecule has 6 heteroatoms. The van der Waals surface area contributed by atoms with E-state index in [9.17, 15) is 14.3 Å². The van der Waals surface area contributed by atoms with Crippen LogP contribution in [-0.4, -0.2) is 44.8 Å². The molecule has 1 aromatic carbocycles. The summed E-state index contributed by atoms with van der Waals surface area (Å²) >= 11 is 0. The third-order valence-corrected chi connectivity index (χ3v) is 4.74. The Morgan fingerprint density at radius 1 is 1.38 bits per heavy atom. The van der Waals surface area contributed by atoms with E-state index in [4.69, 9.17) is 0 Å². The molecule has 3 rings (SSSR count). The lowest BCUT2D eigenvalue weighted by Crippen LogP contribution is -2.38. The molecule has 0 spiro atoms. The number of halogens is 1. The van der Waals surface area contributed by atoms with Crippen molar-refractivity contribution in [2.45, 2.75) is 38.7 Å². The van der Waals surface area contributed by atoms with Crippen LogP contribution >= 0.6 is 0 Å². The number of hydrogen-bond donors (Lipinski definition) is 2. The fraction of sp³-hybridized carbons (Fsp3) is 0.444. The first-order valence-electron chi connectivity index (χ1n) is 8.11. The molecule has 0 radical (unpaired) electrons. The van der Waals surface area contributed by atoms with E-state index < -0.39 is 5.60 Å². The predicted molar refractivity (Wildman–Crippen MR) is 88.0 cm³/mol. The van der Waals surface area contributed by atoms with E-state index in [-0.39, 0.29) is 11.7 Å². The zero-order chi connectivity index (χ0) is 17.3. The molecule has 5 nitrogen and oxygen atoms in total. The molecule has 1 fully saturated rings. The predicted octanol–water partition coefficient (Wildman–Crippen LogP) is 1.91. The molecule has 1 amide bonds. The van der Waals surface area contributed by atoms with Crippen molar-refractivity contribution >= 4 is 5.91 Å². The Labute approximate surface area is 140 Å². The second-order valence-electron chi connectivity index (χ2n) is 6.68. The zero-order valence-electron chi connectivity index (χ0n) is 14.0. The fourth-order valence-electron chi connectivity index (χ4n) is 3.29. The van der Waals surface area contributed by atoms with Crippen LogP contribution in [0.25, 0.3) is 0 Å². The highest BCUT2D eigenvalue weighted by atomic mass is 19.1. The maximum Gasteiger partial charge on any atom is 0.227 e. The van der Waals surface area contributed by atoms with Crippen LogP contribution < -0.4 is 0 Å². The van der Waals surface area contributed by atoms with E-state index in [0.29, 0.717) is 32.4 Å². The normalized spacial score (nSPS) is 20.6. The van der Waals surface area contributed by atoms with Gasteiger partial charge in [0, 0.05) is 30.8 Å². The van der Waals surface area contributed by atoms with Gasteiger partial charge < -0.3 is 10.0 Å². The molecule has 0 bridgehead atoms. The third-order valence-electron chi connectivity index (χ3n) is 4.74. The van der Waals surface area contributed by atoms with E-state index >= 15 is 0 Å². The standard InChI is InChI=1S/C18H22FN3O2/c1-12-16(13(2)21-20-12)9-17(23)22-8-7-18(24,11-22)10-14-3-5-15(19)6-4-14/h3-6,24H,7-11H2,1-2H3,(H,20,21). The van der Waals surface area contributed by atoms with Gasteiger partial charge in [0.05, 0.1) is 17.7 Å². The maximum absolute atomic E-state index is 13.0. The maximum atomic E-state index is 13.0. The number of benzene rings is 1. The number of H-pyrrole nitrogens is 1. The van der Waals surface area contributed by atoms with Crippen molar-refractivity contribution < 1.29 is 14.3 Å². The van der Waals surface area contributed by atoms with Crippen molar-refractivity contribution in [2.75, 3.05) is 13.1 Å². The molecule has 1 aliphatic rings. The quantitative estimate of drug-likeness (QED) is 0.899. The van der Waals surface area contributed by atoms with Crippen molar-refractivity contribution in [3.8, 4) is 0 Å². The minimum Gasteiger partial charge on any atom is -0.388 e. The van der Waals surface area contributed by atoms with Gasteiger partial charge in [-0.1, -0.05) is 12.1 Å². The van der Waals surface area contributed by atoms with E-state index in [1.165, 1.54) is 12.1 Å². The molecule has 1 aliphatic heterocycles. The summed E-state index contributed by atoms with van der Waals surface area (Å²) in [6.45, 7) is 4.62. The fourth-order valence-corrected chi connectivity index (χ4v) is 3.29. The Morgan fingerprint density at radius 2 is 2.08 bits per heavy atom. The molecule has 1 unspecified atom stereocenters. The summed E-state index contributed by atoms with van der Waals surface area (Å²) in [5.74, 6) is -0.294. The van der Waals surface area contributed by atoms with Gasteiger partial charge in [-0.05, 0) is 38.0 Å². The van der Waals surface area contributed by atoms with Gasteiger partial charge in [-0.3, -0.25) is 9.89 Å². The van der Waals surface area contributed by atoms with Gasteiger partial charge in [-0.2, -0.15) is 5.10 Å². The minimum atomic E-state index is -0.950. The molecular formula is C18H22FN3O2. The van der Waals surface area contributed by atoms with Crippen molar-refractivity contribution in [2.24, 2.45) is 0 Å². The number of likely N-dealkylation sites (tertiary alicyclic amines) is 1. The SMILES string of the molecule is Cc1n[nH]c(C)c1CC(=O)N1CCC(O)(Cc2ccc(F)cc2)C1. The summed E-state index contributed by atoms with van der Waals surface area (Å²) in [4.78, 5) is 14.2. The van der Waals surface area contributed by atoms with Gasteiger partial charge in [0.2, 0.25) is 5.91 Å². The number of hydrogen-bond acceptors (Lipinski definition) is 3. The van der Waals surface area contributed by atoms with Gasteiger partial charge in [-0.15, -0.1) is 0 Å². The lowest BCUT2D eigenvalue weighted by Gasteiger charge is -2.23. The lowest BCUT2D eigenvalue weighted by atomic mass is 9.94. The first-order valence-corrected chi connectivity index (χ1v) is 8.11.